The SMILES string of the molecule is N#Cc1cccc(-c2cc(C(F)(F)F)ccc2-n2c3ccccc3c3cc(-c4cc5c6c(c4)N(c4cc(-c7ccccc7)cc(-c7ccccc7)c4)c4ccccc4B6c4ccccc4N5c4cc(-c5ccccc5)cc(-c5ccccc5)c4)ccc32)c1. The first-order valence-electron chi connectivity index (χ1n) is 29.5. The number of nitrogens with zero attached hydrogens (tertiary/aromatic N) is 4. The Labute approximate surface area is 508 Å². The number of benzene rings is 13. The van der Waals surface area contributed by atoms with Crippen LogP contribution in [0.4, 0.5) is 47.3 Å². The minimum Gasteiger partial charge on any atom is -0.311 e. The summed E-state index contributed by atoms with van der Waals surface area (Å²) in [6.07, 6.45) is -4.59. The Balaban J connectivity index is 0.985. The molecule has 0 atom stereocenters. The van der Waals surface area contributed by atoms with Gasteiger partial charge in [-0.05, 0) is 187 Å². The summed E-state index contributed by atoms with van der Waals surface area (Å²) in [4.78, 5) is 4.96. The molecule has 0 bridgehead atoms. The Morgan fingerprint density at radius 2 is 0.773 bits per heavy atom. The van der Waals surface area contributed by atoms with E-state index in [2.05, 4.69) is 263 Å². The van der Waals surface area contributed by atoms with Crippen LogP contribution in [0, 0.1) is 11.3 Å². The van der Waals surface area contributed by atoms with Crippen LogP contribution in [0.1, 0.15) is 11.1 Å². The van der Waals surface area contributed by atoms with E-state index in [1.165, 1.54) is 22.5 Å². The lowest BCUT2D eigenvalue weighted by atomic mass is 9.33. The van der Waals surface area contributed by atoms with E-state index in [-0.39, 0.29) is 6.71 Å². The zero-order valence-corrected chi connectivity index (χ0v) is 47.4. The third-order valence-corrected chi connectivity index (χ3v) is 17.5. The number of rotatable bonds is 9. The van der Waals surface area contributed by atoms with Crippen molar-refractivity contribution in [2.75, 3.05) is 9.80 Å². The molecule has 0 fully saturated rings. The number of nitriles is 1. The van der Waals surface area contributed by atoms with E-state index in [4.69, 9.17) is 0 Å². The summed E-state index contributed by atoms with van der Waals surface area (Å²) in [5, 5.41) is 11.8. The van der Waals surface area contributed by atoms with Crippen LogP contribution in [-0.4, -0.2) is 11.3 Å². The summed E-state index contributed by atoms with van der Waals surface area (Å²) in [5.74, 6) is 0. The van der Waals surface area contributed by atoms with Gasteiger partial charge in [-0.25, -0.2) is 0 Å². The van der Waals surface area contributed by atoms with Crippen LogP contribution < -0.4 is 26.2 Å². The quantitative estimate of drug-likeness (QED) is 0.135. The fourth-order valence-corrected chi connectivity index (χ4v) is 13.6. The first-order valence-corrected chi connectivity index (χ1v) is 29.5. The summed E-state index contributed by atoms with van der Waals surface area (Å²) in [6.45, 7) is -0.150. The Kier molecular flexibility index (Phi) is 12.4. The predicted octanol–water partition coefficient (Wildman–Crippen LogP) is 19.8. The monoisotopic (exact) mass is 1130 g/mol. The van der Waals surface area contributed by atoms with Gasteiger partial charge in [0.15, 0.2) is 0 Å². The average Bonchev–Trinajstić information content (AvgIpc) is 0.858. The van der Waals surface area contributed by atoms with Crippen LogP contribution in [0.3, 0.4) is 0 Å². The molecule has 0 amide bonds. The molecule has 3 heterocycles. The predicted molar refractivity (Wildman–Crippen MR) is 357 cm³/mol. The Morgan fingerprint density at radius 1 is 0.318 bits per heavy atom. The van der Waals surface area contributed by atoms with Gasteiger partial charge in [-0.15, -0.1) is 0 Å². The Hall–Kier alpha value is -11.4. The van der Waals surface area contributed by atoms with Crippen molar-refractivity contribution in [1.29, 1.82) is 5.26 Å². The largest absolute Gasteiger partial charge is 0.416 e. The lowest BCUT2D eigenvalue weighted by molar-refractivity contribution is -0.137. The second-order valence-corrected chi connectivity index (χ2v) is 22.7. The van der Waals surface area contributed by atoms with Crippen molar-refractivity contribution in [3.05, 3.63) is 314 Å². The van der Waals surface area contributed by atoms with Crippen LogP contribution in [0.2, 0.25) is 0 Å². The zero-order chi connectivity index (χ0) is 59.0. The normalized spacial score (nSPS) is 12.4. The van der Waals surface area contributed by atoms with Crippen molar-refractivity contribution in [2.45, 2.75) is 6.18 Å². The molecule has 0 spiro atoms. The molecule has 2 aliphatic rings. The molecule has 0 saturated heterocycles. The highest BCUT2D eigenvalue weighted by Crippen LogP contribution is 2.50. The van der Waals surface area contributed by atoms with Crippen LogP contribution in [-0.2, 0) is 6.18 Å². The maximum Gasteiger partial charge on any atom is 0.416 e. The first-order chi connectivity index (χ1) is 43.2. The van der Waals surface area contributed by atoms with Gasteiger partial charge in [-0.3, -0.25) is 0 Å². The minimum absolute atomic E-state index is 0.150. The van der Waals surface area contributed by atoms with Gasteiger partial charge >= 0.3 is 6.18 Å². The molecule has 0 aliphatic carbocycles. The molecule has 8 heteroatoms. The lowest BCUT2D eigenvalue weighted by Crippen LogP contribution is -2.61. The van der Waals surface area contributed by atoms with Gasteiger partial charge in [-0.1, -0.05) is 194 Å². The second kappa shape index (κ2) is 21.0. The number of aromatic nitrogens is 1. The van der Waals surface area contributed by atoms with Gasteiger partial charge < -0.3 is 14.4 Å². The Morgan fingerprint density at radius 3 is 1.28 bits per heavy atom. The molecule has 1 aromatic heterocycles. The molecular weight excluding hydrogens is 1080 g/mol. The molecule has 0 saturated carbocycles. The summed E-state index contributed by atoms with van der Waals surface area (Å²) < 4.78 is 46.1. The fourth-order valence-electron chi connectivity index (χ4n) is 13.6. The first kappa shape index (κ1) is 52.2. The average molecular weight is 1140 g/mol. The van der Waals surface area contributed by atoms with Gasteiger partial charge in [0.1, 0.15) is 0 Å². The molecule has 14 aromatic rings. The third kappa shape index (κ3) is 8.86. The fraction of sp³-hybridized carbons (Fsp3) is 0.0125. The van der Waals surface area contributed by atoms with E-state index in [1.807, 2.05) is 18.2 Å². The molecule has 88 heavy (non-hydrogen) atoms. The number of hydrogen-bond donors (Lipinski definition) is 0. The van der Waals surface area contributed by atoms with E-state index in [1.54, 1.807) is 30.3 Å². The standard InChI is InChI=1S/C80H50BF3N4/c82-80(83,84)64-37-39-73(68(50-64)58-29-19-20-52(40-58)51-85)88-72-33-16-13-30-67(72)69-47-57(36-38-74(69)88)63-48-77-79-78(49-63)87(66-45-61(55-25-9-3-10-26-55)42-62(46-66)56-27-11-4-12-28-56)76-35-18-15-32-71(76)81(79)70-31-14-17-34-75(70)86(77)65-43-59(53-21-5-1-6-22-53)41-60(44-65)54-23-7-2-8-24-54/h1-50H. The topological polar surface area (TPSA) is 35.2 Å². The van der Waals surface area contributed by atoms with E-state index >= 15 is 0 Å². The van der Waals surface area contributed by atoms with Gasteiger partial charge in [0.2, 0.25) is 0 Å². The van der Waals surface area contributed by atoms with Gasteiger partial charge in [0.25, 0.3) is 6.71 Å². The number of fused-ring (bicyclic) bond motifs is 7. The third-order valence-electron chi connectivity index (χ3n) is 17.5. The summed E-state index contributed by atoms with van der Waals surface area (Å²) in [7, 11) is 0. The lowest BCUT2D eigenvalue weighted by Gasteiger charge is -2.44. The molecule has 16 rings (SSSR count). The summed E-state index contributed by atoms with van der Waals surface area (Å²) >= 11 is 0. The van der Waals surface area contributed by atoms with Crippen LogP contribution in [0.25, 0.3) is 94.3 Å². The van der Waals surface area contributed by atoms with Crippen LogP contribution >= 0.6 is 0 Å². The molecule has 13 aromatic carbocycles. The number of para-hydroxylation sites is 3. The maximum atomic E-state index is 14.7. The Bertz CT molecular complexity index is 4800. The molecule has 4 nitrogen and oxygen atoms in total. The van der Waals surface area contributed by atoms with Crippen molar-refractivity contribution in [1.82, 2.24) is 4.57 Å². The molecule has 414 valence electrons. The van der Waals surface area contributed by atoms with Crippen molar-refractivity contribution >= 4 is 79.0 Å². The van der Waals surface area contributed by atoms with E-state index in [9.17, 15) is 18.4 Å². The molecule has 0 N–H and O–H groups in total. The molecular formula is C80H50BF3N4. The molecule has 0 radical (unpaired) electrons. The summed E-state index contributed by atoms with van der Waals surface area (Å²) in [5.41, 5.74) is 23.3. The van der Waals surface area contributed by atoms with Crippen molar-refractivity contribution in [3.63, 3.8) is 0 Å². The number of hydrogen-bond acceptors (Lipinski definition) is 3. The maximum absolute atomic E-state index is 14.7. The van der Waals surface area contributed by atoms with Crippen molar-refractivity contribution in [3.8, 4) is 78.5 Å². The smallest absolute Gasteiger partial charge is 0.311 e. The van der Waals surface area contributed by atoms with Gasteiger partial charge in [0.05, 0.1) is 33.9 Å². The zero-order valence-electron chi connectivity index (χ0n) is 47.4. The van der Waals surface area contributed by atoms with Gasteiger partial charge in [0, 0.05) is 50.5 Å². The minimum atomic E-state index is -4.59. The van der Waals surface area contributed by atoms with E-state index in [0.29, 0.717) is 22.4 Å². The van der Waals surface area contributed by atoms with Crippen molar-refractivity contribution < 1.29 is 13.2 Å². The second-order valence-electron chi connectivity index (χ2n) is 22.7. The van der Waals surface area contributed by atoms with Crippen LogP contribution in [0.15, 0.2) is 303 Å². The number of anilines is 6. The van der Waals surface area contributed by atoms with Gasteiger partial charge in [-0.2, -0.15) is 18.4 Å². The highest BCUT2D eigenvalue weighted by molar-refractivity contribution is 7.00. The van der Waals surface area contributed by atoms with E-state index < -0.39 is 11.7 Å². The molecule has 2 aliphatic heterocycles. The highest BCUT2D eigenvalue weighted by atomic mass is 19.4. The highest BCUT2D eigenvalue weighted by Gasteiger charge is 2.44. The van der Waals surface area contributed by atoms with Crippen LogP contribution in [0.5, 0.6) is 0 Å². The van der Waals surface area contributed by atoms with E-state index in [0.717, 1.165) is 118 Å². The number of alkyl halides is 3. The molecule has 0 unspecified atom stereocenters. The number of halogens is 3. The summed E-state index contributed by atoms with van der Waals surface area (Å²) in [6, 6.07) is 106. The van der Waals surface area contributed by atoms with Crippen molar-refractivity contribution in [2.24, 2.45) is 0 Å².